The van der Waals surface area contributed by atoms with E-state index in [2.05, 4.69) is 17.9 Å². The summed E-state index contributed by atoms with van der Waals surface area (Å²) >= 11 is 0. The Morgan fingerprint density at radius 2 is 1.70 bits per heavy atom. The Hall–Kier alpha value is -1.61. The molecule has 0 aliphatic heterocycles. The number of rotatable bonds is 12. The van der Waals surface area contributed by atoms with Gasteiger partial charge in [-0.15, -0.1) is 0 Å². The van der Waals surface area contributed by atoms with Crippen LogP contribution in [0.5, 0.6) is 0 Å². The molecule has 2 atom stereocenters. The Morgan fingerprint density at radius 3 is 2.39 bits per heavy atom. The standard InChI is InChI=1S/C18H28O5/c19-15-17(21)14-13-16(20)11-9-7-5-3-1-2-4-6-8-10-12-18(22)23/h3,5,13-14,16-17,19-21H,1-2,4,6-8,10,12,15H2,(H,22,23). The predicted molar refractivity (Wildman–Crippen MR) is 89.7 cm³/mol. The summed E-state index contributed by atoms with van der Waals surface area (Å²) in [5, 5.41) is 35.6. The van der Waals surface area contributed by atoms with Crippen molar-refractivity contribution in [2.75, 3.05) is 6.61 Å². The van der Waals surface area contributed by atoms with Gasteiger partial charge >= 0.3 is 5.97 Å². The quantitative estimate of drug-likeness (QED) is 0.250. The maximum atomic E-state index is 10.3. The molecule has 0 amide bonds. The van der Waals surface area contributed by atoms with E-state index in [0.29, 0.717) is 6.42 Å². The lowest BCUT2D eigenvalue weighted by atomic mass is 10.1. The van der Waals surface area contributed by atoms with Gasteiger partial charge in [-0.25, -0.2) is 0 Å². The van der Waals surface area contributed by atoms with Gasteiger partial charge in [-0.2, -0.15) is 0 Å². The first-order chi connectivity index (χ1) is 11.1. The molecule has 0 aliphatic carbocycles. The Morgan fingerprint density at radius 1 is 1.00 bits per heavy atom. The molecule has 0 spiro atoms. The minimum atomic E-state index is -0.963. The van der Waals surface area contributed by atoms with Gasteiger partial charge in [0.2, 0.25) is 0 Å². The summed E-state index contributed by atoms with van der Waals surface area (Å²) in [7, 11) is 0. The summed E-state index contributed by atoms with van der Waals surface area (Å²) < 4.78 is 0. The summed E-state index contributed by atoms with van der Waals surface area (Å²) in [6.07, 6.45) is 11.6. The normalized spacial score (nSPS) is 13.9. The van der Waals surface area contributed by atoms with Gasteiger partial charge in [-0.05, 0) is 25.3 Å². The van der Waals surface area contributed by atoms with E-state index in [0.717, 1.165) is 38.5 Å². The molecule has 5 heteroatoms. The Balaban J connectivity index is 3.56. The van der Waals surface area contributed by atoms with Crippen LogP contribution in [0.4, 0.5) is 0 Å². The lowest BCUT2D eigenvalue weighted by molar-refractivity contribution is -0.137. The third-order valence-corrected chi connectivity index (χ3v) is 3.10. The van der Waals surface area contributed by atoms with Gasteiger partial charge in [-0.1, -0.05) is 49.3 Å². The van der Waals surface area contributed by atoms with E-state index < -0.39 is 18.2 Å². The molecule has 4 N–H and O–H groups in total. The van der Waals surface area contributed by atoms with Gasteiger partial charge < -0.3 is 20.4 Å². The Kier molecular flexibility index (Phi) is 14.2. The monoisotopic (exact) mass is 324 g/mol. The smallest absolute Gasteiger partial charge is 0.303 e. The summed E-state index contributed by atoms with van der Waals surface area (Å²) in [5.41, 5.74) is 0. The van der Waals surface area contributed by atoms with Crippen LogP contribution in [0.25, 0.3) is 0 Å². The van der Waals surface area contributed by atoms with Crippen molar-refractivity contribution in [3.63, 3.8) is 0 Å². The molecule has 0 heterocycles. The summed E-state index contributed by atoms with van der Waals surface area (Å²) in [6.45, 7) is -0.376. The fourth-order valence-electron chi connectivity index (χ4n) is 1.83. The van der Waals surface area contributed by atoms with Crippen LogP contribution in [0, 0.1) is 11.8 Å². The van der Waals surface area contributed by atoms with Crippen LogP contribution in [0.3, 0.4) is 0 Å². The zero-order valence-electron chi connectivity index (χ0n) is 13.5. The van der Waals surface area contributed by atoms with E-state index >= 15 is 0 Å². The zero-order chi connectivity index (χ0) is 17.3. The summed E-state index contributed by atoms with van der Waals surface area (Å²) in [4.78, 5) is 10.3. The number of hydrogen-bond acceptors (Lipinski definition) is 4. The molecule has 23 heavy (non-hydrogen) atoms. The Bertz CT molecular complexity index is 417. The average molecular weight is 324 g/mol. The van der Waals surface area contributed by atoms with Crippen molar-refractivity contribution in [3.05, 3.63) is 24.3 Å². The Labute approximate surface area is 138 Å². The van der Waals surface area contributed by atoms with Crippen molar-refractivity contribution in [1.29, 1.82) is 0 Å². The first-order valence-corrected chi connectivity index (χ1v) is 8.06. The topological polar surface area (TPSA) is 98.0 Å². The lowest BCUT2D eigenvalue weighted by Gasteiger charge is -1.99. The van der Waals surface area contributed by atoms with E-state index in [1.165, 1.54) is 12.2 Å². The molecule has 0 saturated heterocycles. The number of carboxylic acid groups (broad SMARTS) is 1. The number of carboxylic acids is 1. The van der Waals surface area contributed by atoms with Crippen LogP contribution in [0.1, 0.15) is 51.4 Å². The number of allylic oxidation sites excluding steroid dienone is 2. The van der Waals surface area contributed by atoms with E-state index in [1.54, 1.807) is 0 Å². The lowest BCUT2D eigenvalue weighted by Crippen LogP contribution is -2.09. The highest BCUT2D eigenvalue weighted by Gasteiger charge is 1.97. The largest absolute Gasteiger partial charge is 0.481 e. The third-order valence-electron chi connectivity index (χ3n) is 3.10. The molecular formula is C18H28O5. The number of hydrogen-bond donors (Lipinski definition) is 4. The van der Waals surface area contributed by atoms with Crippen LogP contribution in [-0.2, 0) is 4.79 Å². The second kappa shape index (κ2) is 15.3. The highest BCUT2D eigenvalue weighted by molar-refractivity contribution is 5.66. The third kappa shape index (κ3) is 16.6. The van der Waals surface area contributed by atoms with E-state index in [9.17, 15) is 9.90 Å². The molecule has 2 unspecified atom stereocenters. The summed E-state index contributed by atoms with van der Waals surface area (Å²) in [6, 6.07) is 0. The molecule has 0 aromatic rings. The van der Waals surface area contributed by atoms with Crippen molar-refractivity contribution in [3.8, 4) is 11.8 Å². The maximum absolute atomic E-state index is 10.3. The molecule has 0 aromatic carbocycles. The molecule has 0 fully saturated rings. The molecule has 0 aromatic heterocycles. The number of unbranched alkanes of at least 4 members (excludes halogenated alkanes) is 5. The van der Waals surface area contributed by atoms with E-state index in [-0.39, 0.29) is 13.0 Å². The average Bonchev–Trinajstić information content (AvgIpc) is 2.53. The number of carbonyl (C=O) groups is 1. The first-order valence-electron chi connectivity index (χ1n) is 8.06. The van der Waals surface area contributed by atoms with Crippen molar-refractivity contribution >= 4 is 5.97 Å². The van der Waals surface area contributed by atoms with Crippen molar-refractivity contribution in [2.24, 2.45) is 0 Å². The van der Waals surface area contributed by atoms with Crippen LogP contribution in [0.2, 0.25) is 0 Å². The van der Waals surface area contributed by atoms with Crippen molar-refractivity contribution in [2.45, 2.75) is 63.6 Å². The summed E-state index contributed by atoms with van der Waals surface area (Å²) in [5.74, 6) is 4.72. The van der Waals surface area contributed by atoms with Gasteiger partial charge in [0.1, 0.15) is 6.10 Å². The molecule has 130 valence electrons. The number of aliphatic hydroxyl groups excluding tert-OH is 3. The van der Waals surface area contributed by atoms with Gasteiger partial charge in [-0.3, -0.25) is 4.79 Å². The minimum Gasteiger partial charge on any atom is -0.481 e. The van der Waals surface area contributed by atoms with Crippen molar-refractivity contribution in [1.82, 2.24) is 0 Å². The second-order valence-electron chi connectivity index (χ2n) is 5.28. The molecule has 0 rings (SSSR count). The second-order valence-corrected chi connectivity index (χ2v) is 5.28. The van der Waals surface area contributed by atoms with Crippen LogP contribution in [0.15, 0.2) is 24.3 Å². The van der Waals surface area contributed by atoms with Gasteiger partial charge in [0, 0.05) is 12.8 Å². The van der Waals surface area contributed by atoms with Crippen LogP contribution < -0.4 is 0 Å². The predicted octanol–water partition coefficient (Wildman–Crippen LogP) is 2.02. The molecule has 0 bridgehead atoms. The molecule has 0 aliphatic rings. The molecular weight excluding hydrogens is 296 g/mol. The number of aliphatic hydroxyl groups is 3. The molecule has 0 saturated carbocycles. The van der Waals surface area contributed by atoms with Gasteiger partial charge in [0.05, 0.1) is 12.7 Å². The van der Waals surface area contributed by atoms with Crippen molar-refractivity contribution < 1.29 is 25.2 Å². The van der Waals surface area contributed by atoms with E-state index in [1.807, 2.05) is 6.08 Å². The highest BCUT2D eigenvalue weighted by Crippen LogP contribution is 2.07. The fraction of sp³-hybridized carbons (Fsp3) is 0.611. The highest BCUT2D eigenvalue weighted by atomic mass is 16.4. The van der Waals surface area contributed by atoms with Crippen LogP contribution in [-0.4, -0.2) is 45.2 Å². The number of aliphatic carboxylic acids is 1. The maximum Gasteiger partial charge on any atom is 0.303 e. The fourth-order valence-corrected chi connectivity index (χ4v) is 1.83. The van der Waals surface area contributed by atoms with E-state index in [4.69, 9.17) is 15.3 Å². The molecule has 5 nitrogen and oxygen atoms in total. The van der Waals surface area contributed by atoms with Gasteiger partial charge in [0.25, 0.3) is 0 Å². The first kappa shape index (κ1) is 21.4. The minimum absolute atomic E-state index is 0.262. The van der Waals surface area contributed by atoms with Gasteiger partial charge in [0.15, 0.2) is 0 Å². The van der Waals surface area contributed by atoms with Crippen LogP contribution >= 0.6 is 0 Å². The molecule has 0 radical (unpaired) electrons. The zero-order valence-corrected chi connectivity index (χ0v) is 13.5. The SMILES string of the molecule is O=C(O)CCCCCCCC=CCC#CC(O)C=CC(O)CO.